The zero-order valence-electron chi connectivity index (χ0n) is 27.3. The summed E-state index contributed by atoms with van der Waals surface area (Å²) >= 11 is 0. The molecule has 19 nitrogen and oxygen atoms in total. The standard InChI is InChI=1S/C33H35N7O12/c1-2-40(16-17-3-8-21-20(15-17)29(46)39-33(34)38-21)19-6-4-18(5-7-19)28(45)37-24(32(51)52)10-13-26(42)35-22(30(47)48)9-12-25(41)36-23(31(49)50)11-14-27(43)44/h1,3-8,15,22-24H,9-14,16H2,(H,35,42)(H,36,41)(H,37,45)(H,43,44)(H,47,48)(H,49,50)(H,51,52)(H3,34,38,39,46)/p-1. The molecule has 3 unspecified atom stereocenters. The molecule has 0 spiro atoms. The number of aromatic nitrogens is 2. The van der Waals surface area contributed by atoms with E-state index in [4.69, 9.17) is 17.3 Å². The predicted molar refractivity (Wildman–Crippen MR) is 179 cm³/mol. The van der Waals surface area contributed by atoms with Gasteiger partial charge in [-0.1, -0.05) is 12.5 Å². The molecule has 0 aliphatic heterocycles. The maximum atomic E-state index is 12.9. The molecule has 9 N–H and O–H groups in total. The topological polar surface area (TPSA) is 314 Å². The third kappa shape index (κ3) is 11.6. The lowest BCUT2D eigenvalue weighted by Crippen LogP contribution is -2.45. The van der Waals surface area contributed by atoms with E-state index in [0.717, 1.165) is 0 Å². The molecule has 3 amide bonds. The number of rotatable bonds is 19. The first-order valence-corrected chi connectivity index (χ1v) is 15.5. The van der Waals surface area contributed by atoms with Crippen LogP contribution in [0.1, 0.15) is 54.4 Å². The molecule has 0 saturated heterocycles. The number of aromatic amines is 1. The molecule has 1 aromatic heterocycles. The molecule has 3 aromatic rings. The number of nitrogen functional groups attached to an aromatic ring is 1. The van der Waals surface area contributed by atoms with E-state index in [9.17, 15) is 53.7 Å². The highest BCUT2D eigenvalue weighted by Gasteiger charge is 2.26. The van der Waals surface area contributed by atoms with E-state index >= 15 is 0 Å². The summed E-state index contributed by atoms with van der Waals surface area (Å²) in [5.74, 6) is -8.66. The van der Waals surface area contributed by atoms with Gasteiger partial charge >= 0.3 is 17.9 Å². The Morgan fingerprint density at radius 2 is 1.35 bits per heavy atom. The minimum atomic E-state index is -1.61. The van der Waals surface area contributed by atoms with Crippen molar-refractivity contribution in [1.29, 1.82) is 0 Å². The second kappa shape index (κ2) is 18.1. The SMILES string of the molecule is C#CN(Cc1ccc2nc(N)[nH]c(=O)c2c1)c1ccc(C(=O)NC(CCC(=O)NC(CCC(=O)NC(CCC(=O)[O-])C(=O)O)C(=O)O)C(=O)O)cc1. The number of carboxylic acid groups (broad SMARTS) is 4. The van der Waals surface area contributed by atoms with Gasteiger partial charge in [-0.2, -0.15) is 0 Å². The number of carbonyl (C=O) groups excluding carboxylic acids is 4. The van der Waals surface area contributed by atoms with Crippen LogP contribution in [0.15, 0.2) is 47.3 Å². The van der Waals surface area contributed by atoms with Crippen molar-refractivity contribution < 1.29 is 54.0 Å². The Morgan fingerprint density at radius 1 is 0.827 bits per heavy atom. The van der Waals surface area contributed by atoms with Crippen molar-refractivity contribution in [2.45, 2.75) is 63.2 Å². The average molecular weight is 721 g/mol. The van der Waals surface area contributed by atoms with Crippen LogP contribution in [0, 0.1) is 12.5 Å². The zero-order chi connectivity index (χ0) is 38.5. The number of carboxylic acids is 4. The fourth-order valence-corrected chi connectivity index (χ4v) is 4.85. The average Bonchev–Trinajstić information content (AvgIpc) is 3.08. The molecule has 0 radical (unpaired) electrons. The summed E-state index contributed by atoms with van der Waals surface area (Å²) in [6.07, 6.45) is 2.62. The monoisotopic (exact) mass is 720 g/mol. The first-order chi connectivity index (χ1) is 24.6. The van der Waals surface area contributed by atoms with Crippen molar-refractivity contribution >= 4 is 64.1 Å². The number of carbonyl (C=O) groups is 7. The number of nitrogens with zero attached hydrogens (tertiary/aromatic N) is 2. The van der Waals surface area contributed by atoms with Crippen LogP contribution >= 0.6 is 0 Å². The van der Waals surface area contributed by atoms with Crippen molar-refractivity contribution in [3.63, 3.8) is 0 Å². The van der Waals surface area contributed by atoms with Gasteiger partial charge in [0.15, 0.2) is 0 Å². The molecule has 52 heavy (non-hydrogen) atoms. The molecule has 19 heteroatoms. The molecule has 0 bridgehead atoms. The van der Waals surface area contributed by atoms with Crippen LogP contribution in [0.5, 0.6) is 0 Å². The minimum absolute atomic E-state index is 0.0201. The van der Waals surface area contributed by atoms with Gasteiger partial charge in [0.1, 0.15) is 18.1 Å². The fourth-order valence-electron chi connectivity index (χ4n) is 4.85. The second-order valence-corrected chi connectivity index (χ2v) is 11.3. The molecule has 0 aliphatic carbocycles. The number of nitrogens with two attached hydrogens (primary N) is 1. The van der Waals surface area contributed by atoms with Gasteiger partial charge in [-0.25, -0.2) is 19.4 Å². The molecule has 274 valence electrons. The summed E-state index contributed by atoms with van der Waals surface area (Å²) in [6, 6.07) is 8.60. The highest BCUT2D eigenvalue weighted by molar-refractivity contribution is 5.97. The summed E-state index contributed by atoms with van der Waals surface area (Å²) in [4.78, 5) is 103. The van der Waals surface area contributed by atoms with Crippen LogP contribution in [0.4, 0.5) is 11.6 Å². The van der Waals surface area contributed by atoms with Gasteiger partial charge in [0.2, 0.25) is 17.8 Å². The minimum Gasteiger partial charge on any atom is -0.550 e. The molecule has 0 aliphatic rings. The first-order valence-electron chi connectivity index (χ1n) is 15.5. The van der Waals surface area contributed by atoms with Gasteiger partial charge in [-0.05, 0) is 67.6 Å². The lowest BCUT2D eigenvalue weighted by atomic mass is 10.1. The Bertz CT molecular complexity index is 1960. The maximum absolute atomic E-state index is 12.9. The van der Waals surface area contributed by atoms with E-state index < -0.39 is 104 Å². The van der Waals surface area contributed by atoms with Crippen molar-refractivity contribution in [2.24, 2.45) is 0 Å². The van der Waals surface area contributed by atoms with Gasteiger partial charge in [0.25, 0.3) is 11.5 Å². The van der Waals surface area contributed by atoms with Crippen molar-refractivity contribution in [1.82, 2.24) is 25.9 Å². The van der Waals surface area contributed by atoms with Crippen LogP contribution in [0.3, 0.4) is 0 Å². The number of terminal acetylenes is 1. The fraction of sp³-hybridized carbons (Fsp3) is 0.303. The van der Waals surface area contributed by atoms with E-state index in [1.807, 2.05) is 0 Å². The lowest BCUT2D eigenvalue weighted by molar-refractivity contribution is -0.305. The Hall–Kier alpha value is -6.97. The lowest BCUT2D eigenvalue weighted by Gasteiger charge is -2.19. The highest BCUT2D eigenvalue weighted by atomic mass is 16.4. The zero-order valence-corrected chi connectivity index (χ0v) is 27.3. The molecule has 1 heterocycles. The van der Waals surface area contributed by atoms with Crippen LogP contribution in [0.25, 0.3) is 10.9 Å². The molecule has 0 saturated carbocycles. The summed E-state index contributed by atoms with van der Waals surface area (Å²) in [6.45, 7) is 0.179. The van der Waals surface area contributed by atoms with E-state index in [2.05, 4.69) is 32.0 Å². The smallest absolute Gasteiger partial charge is 0.326 e. The molecule has 0 fully saturated rings. The largest absolute Gasteiger partial charge is 0.550 e. The number of hydrogen-bond donors (Lipinski definition) is 8. The van der Waals surface area contributed by atoms with Gasteiger partial charge in [-0.15, -0.1) is 0 Å². The highest BCUT2D eigenvalue weighted by Crippen LogP contribution is 2.20. The third-order valence-corrected chi connectivity index (χ3v) is 7.55. The molecular weight excluding hydrogens is 686 g/mol. The van der Waals surface area contributed by atoms with Crippen molar-refractivity contribution in [2.75, 3.05) is 10.6 Å². The number of fused-ring (bicyclic) bond motifs is 1. The number of aliphatic carboxylic acids is 4. The van der Waals surface area contributed by atoms with Gasteiger partial charge in [0.05, 0.1) is 17.4 Å². The molecule has 2 aromatic carbocycles. The number of benzene rings is 2. The molecule has 3 atom stereocenters. The number of nitrogens with one attached hydrogen (secondary N) is 4. The number of anilines is 2. The summed E-state index contributed by atoms with van der Waals surface area (Å²) < 4.78 is 0. The van der Waals surface area contributed by atoms with E-state index in [1.54, 1.807) is 18.2 Å². The van der Waals surface area contributed by atoms with Gasteiger partial charge < -0.3 is 46.9 Å². The van der Waals surface area contributed by atoms with E-state index in [-0.39, 0.29) is 18.1 Å². The number of hydrogen-bond acceptors (Lipinski definition) is 12. The second-order valence-electron chi connectivity index (χ2n) is 11.3. The predicted octanol–water partition coefficient (Wildman–Crippen LogP) is -1.49. The van der Waals surface area contributed by atoms with Crippen LogP contribution in [-0.2, 0) is 35.3 Å². The number of amides is 3. The first kappa shape index (κ1) is 39.5. The molecular formula is C33H34N7O12-. The quantitative estimate of drug-likeness (QED) is 0.0517. The maximum Gasteiger partial charge on any atom is 0.326 e. The van der Waals surface area contributed by atoms with Crippen molar-refractivity contribution in [3.05, 3.63) is 63.9 Å². The van der Waals surface area contributed by atoms with E-state index in [1.165, 1.54) is 29.2 Å². The third-order valence-electron chi connectivity index (χ3n) is 7.55. The Balaban J connectivity index is 1.55. The van der Waals surface area contributed by atoms with Crippen LogP contribution < -0.4 is 37.2 Å². The van der Waals surface area contributed by atoms with Crippen molar-refractivity contribution in [3.8, 4) is 12.5 Å². The molecule has 3 rings (SSSR count). The summed E-state index contributed by atoms with van der Waals surface area (Å²) in [5.41, 5.74) is 6.81. The Labute approximate surface area is 294 Å². The van der Waals surface area contributed by atoms with E-state index in [0.29, 0.717) is 22.2 Å². The Morgan fingerprint density at radius 3 is 1.85 bits per heavy atom. The summed E-state index contributed by atoms with van der Waals surface area (Å²) in [5, 5.41) is 45.7. The van der Waals surface area contributed by atoms with Gasteiger partial charge in [-0.3, -0.25) is 29.1 Å². The number of H-pyrrole nitrogens is 1. The van der Waals surface area contributed by atoms with Gasteiger partial charge in [0, 0.05) is 36.1 Å². The van der Waals surface area contributed by atoms with Crippen LogP contribution in [0.2, 0.25) is 0 Å². The summed E-state index contributed by atoms with van der Waals surface area (Å²) in [7, 11) is 0. The van der Waals surface area contributed by atoms with Crippen LogP contribution in [-0.4, -0.2) is 85.0 Å². The Kier molecular flexibility index (Phi) is 13.8. The normalized spacial score (nSPS) is 12.4.